The topological polar surface area (TPSA) is 38.0 Å². The highest BCUT2D eigenvalue weighted by atomic mass is 15.2. The van der Waals surface area contributed by atoms with Crippen LogP contribution in [0.15, 0.2) is 0 Å². The van der Waals surface area contributed by atoms with Gasteiger partial charge in [-0.25, -0.2) is 0 Å². The summed E-state index contributed by atoms with van der Waals surface area (Å²) < 4.78 is 0. The van der Waals surface area contributed by atoms with E-state index in [2.05, 4.69) is 17.3 Å². The van der Waals surface area contributed by atoms with Crippen molar-refractivity contribution in [2.24, 2.45) is 11.8 Å². The van der Waals surface area contributed by atoms with E-state index in [0.29, 0.717) is 6.04 Å². The fourth-order valence-corrected chi connectivity index (χ4v) is 1.42. The SMILES string of the molecule is CC#CCC(NN)C1CCC1. The summed E-state index contributed by atoms with van der Waals surface area (Å²) in [5, 5.41) is 0. The summed E-state index contributed by atoms with van der Waals surface area (Å²) >= 11 is 0. The molecule has 3 N–H and O–H groups in total. The summed E-state index contributed by atoms with van der Waals surface area (Å²) in [5.41, 5.74) is 2.84. The van der Waals surface area contributed by atoms with Gasteiger partial charge in [0.15, 0.2) is 0 Å². The van der Waals surface area contributed by atoms with Gasteiger partial charge in [0.25, 0.3) is 0 Å². The predicted octanol–water partition coefficient (Wildman–Crippen LogP) is 1.03. The van der Waals surface area contributed by atoms with Crippen LogP contribution in [-0.4, -0.2) is 6.04 Å². The smallest absolute Gasteiger partial charge is 0.0348 e. The molecular weight excluding hydrogens is 136 g/mol. The van der Waals surface area contributed by atoms with Crippen LogP contribution < -0.4 is 11.3 Å². The number of hydrogen-bond acceptors (Lipinski definition) is 2. The van der Waals surface area contributed by atoms with Crippen molar-refractivity contribution < 1.29 is 0 Å². The first-order chi connectivity index (χ1) is 5.38. The van der Waals surface area contributed by atoms with E-state index in [1.54, 1.807) is 0 Å². The highest BCUT2D eigenvalue weighted by Crippen LogP contribution is 2.30. The van der Waals surface area contributed by atoms with Crippen LogP contribution >= 0.6 is 0 Å². The Labute approximate surface area is 68.5 Å². The molecule has 1 rings (SSSR count). The maximum atomic E-state index is 5.41. The molecule has 1 aliphatic carbocycles. The summed E-state index contributed by atoms with van der Waals surface area (Å²) in [5.74, 6) is 12.1. The van der Waals surface area contributed by atoms with Gasteiger partial charge in [-0.3, -0.25) is 11.3 Å². The van der Waals surface area contributed by atoms with Crippen molar-refractivity contribution in [2.75, 3.05) is 0 Å². The third-order valence-electron chi connectivity index (χ3n) is 2.43. The quantitative estimate of drug-likeness (QED) is 0.360. The molecule has 2 nitrogen and oxygen atoms in total. The predicted molar refractivity (Wildman–Crippen MR) is 46.5 cm³/mol. The summed E-state index contributed by atoms with van der Waals surface area (Å²) in [7, 11) is 0. The van der Waals surface area contributed by atoms with Crippen molar-refractivity contribution >= 4 is 0 Å². The number of nitrogens with two attached hydrogens (primary N) is 1. The van der Waals surface area contributed by atoms with Gasteiger partial charge >= 0.3 is 0 Å². The molecule has 0 radical (unpaired) electrons. The van der Waals surface area contributed by atoms with E-state index >= 15 is 0 Å². The molecule has 0 saturated heterocycles. The molecule has 1 atom stereocenters. The van der Waals surface area contributed by atoms with Crippen LogP contribution in [0.5, 0.6) is 0 Å². The van der Waals surface area contributed by atoms with Crippen LogP contribution in [0.2, 0.25) is 0 Å². The fraction of sp³-hybridized carbons (Fsp3) is 0.778. The Balaban J connectivity index is 2.27. The van der Waals surface area contributed by atoms with E-state index in [9.17, 15) is 0 Å². The highest BCUT2D eigenvalue weighted by Gasteiger charge is 2.25. The molecule has 0 spiro atoms. The van der Waals surface area contributed by atoms with Gasteiger partial charge in [-0.15, -0.1) is 11.8 Å². The molecule has 0 aromatic rings. The molecule has 1 fully saturated rings. The Morgan fingerprint density at radius 1 is 1.64 bits per heavy atom. The highest BCUT2D eigenvalue weighted by molar-refractivity contribution is 5.00. The average Bonchev–Trinajstić information content (AvgIpc) is 1.93. The van der Waals surface area contributed by atoms with E-state index in [1.807, 2.05) is 6.92 Å². The first kappa shape index (κ1) is 8.58. The van der Waals surface area contributed by atoms with Crippen LogP contribution in [0.1, 0.15) is 32.6 Å². The van der Waals surface area contributed by atoms with Crippen LogP contribution in [0.3, 0.4) is 0 Å². The zero-order valence-electron chi connectivity index (χ0n) is 7.06. The van der Waals surface area contributed by atoms with Crippen molar-refractivity contribution in [1.82, 2.24) is 5.43 Å². The zero-order valence-corrected chi connectivity index (χ0v) is 7.06. The Morgan fingerprint density at radius 2 is 2.36 bits per heavy atom. The van der Waals surface area contributed by atoms with Gasteiger partial charge in [-0.2, -0.15) is 0 Å². The Morgan fingerprint density at radius 3 is 2.73 bits per heavy atom. The van der Waals surface area contributed by atoms with Gasteiger partial charge in [-0.05, 0) is 25.7 Å². The van der Waals surface area contributed by atoms with Crippen LogP contribution in [-0.2, 0) is 0 Å². The Hall–Kier alpha value is -0.520. The number of rotatable bonds is 3. The third-order valence-corrected chi connectivity index (χ3v) is 2.43. The molecule has 11 heavy (non-hydrogen) atoms. The lowest BCUT2D eigenvalue weighted by Gasteiger charge is -2.32. The maximum Gasteiger partial charge on any atom is 0.0348 e. The van der Waals surface area contributed by atoms with Gasteiger partial charge in [0.1, 0.15) is 0 Å². The summed E-state index contributed by atoms with van der Waals surface area (Å²) in [6.45, 7) is 1.87. The minimum Gasteiger partial charge on any atom is -0.271 e. The van der Waals surface area contributed by atoms with Gasteiger partial charge in [-0.1, -0.05) is 6.42 Å². The second kappa shape index (κ2) is 4.38. The van der Waals surface area contributed by atoms with E-state index in [0.717, 1.165) is 12.3 Å². The van der Waals surface area contributed by atoms with Crippen LogP contribution in [0.4, 0.5) is 0 Å². The minimum atomic E-state index is 0.427. The van der Waals surface area contributed by atoms with Crippen molar-refractivity contribution in [3.05, 3.63) is 0 Å². The molecule has 0 aromatic heterocycles. The molecule has 1 unspecified atom stereocenters. The largest absolute Gasteiger partial charge is 0.271 e. The zero-order chi connectivity index (χ0) is 8.10. The minimum absolute atomic E-state index is 0.427. The molecular formula is C9H16N2. The fourth-order valence-electron chi connectivity index (χ4n) is 1.42. The molecule has 0 aliphatic heterocycles. The monoisotopic (exact) mass is 152 g/mol. The molecule has 0 heterocycles. The lowest BCUT2D eigenvalue weighted by atomic mass is 9.79. The van der Waals surface area contributed by atoms with Crippen molar-refractivity contribution in [3.8, 4) is 11.8 Å². The second-order valence-corrected chi connectivity index (χ2v) is 3.10. The summed E-state index contributed by atoms with van der Waals surface area (Å²) in [4.78, 5) is 0. The molecule has 0 aromatic carbocycles. The third kappa shape index (κ3) is 2.21. The molecule has 2 heteroatoms. The van der Waals surface area contributed by atoms with E-state index < -0.39 is 0 Å². The van der Waals surface area contributed by atoms with Crippen molar-refractivity contribution in [2.45, 2.75) is 38.6 Å². The van der Waals surface area contributed by atoms with Gasteiger partial charge < -0.3 is 0 Å². The van der Waals surface area contributed by atoms with Gasteiger partial charge in [0.2, 0.25) is 0 Å². The lowest BCUT2D eigenvalue weighted by molar-refractivity contribution is 0.232. The van der Waals surface area contributed by atoms with Crippen LogP contribution in [0.25, 0.3) is 0 Å². The normalized spacial score (nSPS) is 19.8. The standard InChI is InChI=1S/C9H16N2/c1-2-3-7-9(11-10)8-5-4-6-8/h8-9,11H,4-7,10H2,1H3. The van der Waals surface area contributed by atoms with Crippen LogP contribution in [0, 0.1) is 17.8 Å². The maximum absolute atomic E-state index is 5.41. The molecule has 62 valence electrons. The molecule has 1 saturated carbocycles. The molecule has 1 aliphatic rings. The Kier molecular flexibility index (Phi) is 3.41. The molecule has 0 amide bonds. The van der Waals surface area contributed by atoms with Gasteiger partial charge in [0.05, 0.1) is 0 Å². The van der Waals surface area contributed by atoms with Gasteiger partial charge in [0, 0.05) is 12.5 Å². The van der Waals surface area contributed by atoms with Crippen molar-refractivity contribution in [1.29, 1.82) is 0 Å². The Bertz CT molecular complexity index is 162. The first-order valence-corrected chi connectivity index (χ1v) is 4.24. The van der Waals surface area contributed by atoms with E-state index in [1.165, 1.54) is 19.3 Å². The summed E-state index contributed by atoms with van der Waals surface area (Å²) in [6.07, 6.45) is 4.90. The number of nitrogens with one attached hydrogen (secondary N) is 1. The van der Waals surface area contributed by atoms with E-state index in [-0.39, 0.29) is 0 Å². The van der Waals surface area contributed by atoms with E-state index in [4.69, 9.17) is 5.84 Å². The number of hydrazine groups is 1. The number of hydrogen-bond donors (Lipinski definition) is 2. The lowest BCUT2D eigenvalue weighted by Crippen LogP contribution is -2.43. The summed E-state index contributed by atoms with van der Waals surface area (Å²) in [6, 6.07) is 0.427. The second-order valence-electron chi connectivity index (χ2n) is 3.10. The molecule has 0 bridgehead atoms. The average molecular weight is 152 g/mol. The van der Waals surface area contributed by atoms with Crippen molar-refractivity contribution in [3.63, 3.8) is 0 Å². The first-order valence-electron chi connectivity index (χ1n) is 4.24.